The monoisotopic (exact) mass is 519 g/mol. The number of halogens is 2. The highest BCUT2D eigenvalue weighted by atomic mass is 35.5. The fraction of sp³-hybridized carbons (Fsp3) is 0.217. The van der Waals surface area contributed by atoms with Crippen molar-refractivity contribution in [1.82, 2.24) is 9.69 Å². The summed E-state index contributed by atoms with van der Waals surface area (Å²) in [5.74, 6) is -2.68. The number of rotatable bonds is 9. The average molecular weight is 520 g/mol. The second kappa shape index (κ2) is 11.3. The normalized spacial score (nSPS) is 11.7. The summed E-state index contributed by atoms with van der Waals surface area (Å²) in [7, 11) is 1.48. The molecular formula is C23H23ClFN5O4S. The van der Waals surface area contributed by atoms with E-state index in [1.165, 1.54) is 42.3 Å². The first-order valence-electron chi connectivity index (χ1n) is 10.3. The van der Waals surface area contributed by atoms with Crippen LogP contribution in [0.2, 0.25) is 5.02 Å². The molecule has 35 heavy (non-hydrogen) atoms. The molecule has 0 unspecified atom stereocenters. The zero-order chi connectivity index (χ0) is 25.7. The molecule has 0 aliphatic heterocycles. The number of nitrogens with one attached hydrogen (secondary N) is 1. The number of amides is 3. The first-order valence-corrected chi connectivity index (χ1v) is 11.5. The van der Waals surface area contributed by atoms with Crippen LogP contribution in [0.5, 0.6) is 0 Å². The molecule has 12 heteroatoms. The minimum absolute atomic E-state index is 0.0905. The summed E-state index contributed by atoms with van der Waals surface area (Å²) in [6.45, 7) is 2.18. The van der Waals surface area contributed by atoms with Crippen LogP contribution in [0.1, 0.15) is 37.3 Å². The molecule has 0 saturated heterocycles. The van der Waals surface area contributed by atoms with Crippen LogP contribution >= 0.6 is 23.1 Å². The number of methoxy groups -OCH3 is 1. The number of hydrogen-bond acceptors (Lipinski definition) is 7. The van der Waals surface area contributed by atoms with Gasteiger partial charge >= 0.3 is 0 Å². The maximum atomic E-state index is 13.9. The quantitative estimate of drug-likeness (QED) is 0.371. The number of primary amides is 1. The van der Waals surface area contributed by atoms with Crippen molar-refractivity contribution in [3.8, 4) is 0 Å². The van der Waals surface area contributed by atoms with E-state index in [1.807, 2.05) is 0 Å². The molecule has 0 radical (unpaired) electrons. The summed E-state index contributed by atoms with van der Waals surface area (Å²) in [4.78, 5) is 40.0. The maximum absolute atomic E-state index is 13.9. The number of carbonyl (C=O) groups is 3. The number of anilines is 2. The molecule has 1 atom stereocenters. The molecule has 2 aromatic carbocycles. The predicted molar refractivity (Wildman–Crippen MR) is 132 cm³/mol. The van der Waals surface area contributed by atoms with Gasteiger partial charge in [0.05, 0.1) is 12.3 Å². The molecule has 1 heterocycles. The maximum Gasteiger partial charge on any atom is 0.273 e. The van der Waals surface area contributed by atoms with Gasteiger partial charge in [-0.3, -0.25) is 19.3 Å². The number of nitrogen functional groups attached to an aromatic ring is 1. The van der Waals surface area contributed by atoms with Crippen LogP contribution in [0.25, 0.3) is 0 Å². The van der Waals surface area contributed by atoms with Gasteiger partial charge in [-0.1, -0.05) is 29.8 Å². The Hall–Kier alpha value is -3.54. The summed E-state index contributed by atoms with van der Waals surface area (Å²) in [5.41, 5.74) is 12.2. The van der Waals surface area contributed by atoms with Crippen molar-refractivity contribution in [3.05, 3.63) is 75.0 Å². The predicted octanol–water partition coefficient (Wildman–Crippen LogP) is 3.08. The van der Waals surface area contributed by atoms with E-state index in [-0.39, 0.29) is 35.1 Å². The Morgan fingerprint density at radius 2 is 1.91 bits per heavy atom. The van der Waals surface area contributed by atoms with Gasteiger partial charge in [-0.15, -0.1) is 0 Å². The van der Waals surface area contributed by atoms with Gasteiger partial charge in [0.2, 0.25) is 5.91 Å². The first-order chi connectivity index (χ1) is 16.6. The molecule has 3 amide bonds. The molecule has 184 valence electrons. The molecule has 1 aromatic heterocycles. The molecule has 3 rings (SSSR count). The van der Waals surface area contributed by atoms with Crippen LogP contribution in [0.3, 0.4) is 0 Å². The Kier molecular flexibility index (Phi) is 8.39. The van der Waals surface area contributed by atoms with Crippen molar-refractivity contribution in [2.45, 2.75) is 13.0 Å². The highest BCUT2D eigenvalue weighted by Crippen LogP contribution is 2.35. The van der Waals surface area contributed by atoms with Crippen molar-refractivity contribution in [2.24, 2.45) is 5.73 Å². The van der Waals surface area contributed by atoms with Crippen LogP contribution in [0, 0.1) is 12.7 Å². The van der Waals surface area contributed by atoms with Crippen molar-refractivity contribution in [3.63, 3.8) is 0 Å². The molecule has 9 nitrogen and oxygen atoms in total. The van der Waals surface area contributed by atoms with E-state index in [0.717, 1.165) is 5.56 Å². The lowest BCUT2D eigenvalue weighted by Gasteiger charge is -2.31. The summed E-state index contributed by atoms with van der Waals surface area (Å²) in [5, 5.41) is 3.07. The smallest absolute Gasteiger partial charge is 0.273 e. The average Bonchev–Trinajstić information content (AvgIpc) is 3.21. The minimum atomic E-state index is -1.25. The van der Waals surface area contributed by atoms with E-state index in [0.29, 0.717) is 22.1 Å². The fourth-order valence-corrected chi connectivity index (χ4v) is 4.21. The van der Waals surface area contributed by atoms with Crippen LogP contribution < -0.4 is 21.7 Å². The summed E-state index contributed by atoms with van der Waals surface area (Å²) < 4.78 is 22.6. The van der Waals surface area contributed by atoms with Gasteiger partial charge in [-0.25, -0.2) is 4.39 Å². The van der Waals surface area contributed by atoms with Gasteiger partial charge in [0.25, 0.3) is 11.8 Å². The Morgan fingerprint density at radius 1 is 1.23 bits per heavy atom. The minimum Gasteiger partial charge on any atom is -0.395 e. The van der Waals surface area contributed by atoms with E-state index in [1.54, 1.807) is 19.1 Å². The lowest BCUT2D eigenvalue weighted by atomic mass is 10.0. The number of ether oxygens (including phenoxy) is 1. The number of nitrogens with two attached hydrogens (primary N) is 2. The number of carbonyl (C=O) groups excluding carboxylic acids is 3. The van der Waals surface area contributed by atoms with Crippen molar-refractivity contribution < 1.29 is 23.5 Å². The molecule has 0 bridgehead atoms. The Bertz CT molecular complexity index is 1250. The zero-order valence-corrected chi connectivity index (χ0v) is 20.5. The molecule has 5 N–H and O–H groups in total. The van der Waals surface area contributed by atoms with Crippen molar-refractivity contribution in [1.29, 1.82) is 0 Å². The van der Waals surface area contributed by atoms with Crippen molar-refractivity contribution in [2.75, 3.05) is 30.9 Å². The molecule has 0 spiro atoms. The van der Waals surface area contributed by atoms with E-state index >= 15 is 0 Å². The first kappa shape index (κ1) is 26.1. The third-order valence-electron chi connectivity index (χ3n) is 5.11. The Balaban J connectivity index is 2.20. The van der Waals surface area contributed by atoms with E-state index in [4.69, 9.17) is 27.8 Å². The summed E-state index contributed by atoms with van der Waals surface area (Å²) >= 11 is 7.02. The fourth-order valence-electron chi connectivity index (χ4n) is 3.29. The van der Waals surface area contributed by atoms with E-state index < -0.39 is 29.6 Å². The summed E-state index contributed by atoms with van der Waals surface area (Å²) in [6, 6.07) is 8.74. The molecule has 3 aromatic rings. The van der Waals surface area contributed by atoms with Crippen LogP contribution in [0.4, 0.5) is 15.8 Å². The standard InChI is InChI=1S/C23H23ClFN5O4S/c1-12-3-8-15(11-16(12)24)30(23(33)20-17(26)18(21(27)31)29-35-20)19(22(32)28-9-10-34-2)13-4-6-14(25)7-5-13/h3-8,11,19H,9-10,26H2,1-2H3,(H2,27,31)(H,28,32)/t19-/m1/s1. The second-order valence-corrected chi connectivity index (χ2v) is 8.67. The topological polar surface area (TPSA) is 141 Å². The molecule has 0 aliphatic carbocycles. The van der Waals surface area contributed by atoms with Crippen LogP contribution in [0.15, 0.2) is 42.5 Å². The Labute approximate surface area is 210 Å². The van der Waals surface area contributed by atoms with Crippen LogP contribution in [-0.4, -0.2) is 42.4 Å². The van der Waals surface area contributed by atoms with E-state index in [2.05, 4.69) is 9.69 Å². The van der Waals surface area contributed by atoms with Gasteiger partial charge in [0, 0.05) is 24.4 Å². The van der Waals surface area contributed by atoms with Crippen LogP contribution in [-0.2, 0) is 9.53 Å². The van der Waals surface area contributed by atoms with Gasteiger partial charge < -0.3 is 21.5 Å². The SMILES string of the molecule is COCCNC(=O)[C@@H](c1ccc(F)cc1)N(C(=O)c1snc(C(N)=O)c1N)c1ccc(C)c(Cl)c1. The third kappa shape index (κ3) is 5.76. The lowest BCUT2D eigenvalue weighted by Crippen LogP contribution is -2.44. The number of benzene rings is 2. The molecular weight excluding hydrogens is 497 g/mol. The number of aryl methyl sites for hydroxylation is 1. The van der Waals surface area contributed by atoms with Gasteiger partial charge in [0.1, 0.15) is 16.7 Å². The zero-order valence-electron chi connectivity index (χ0n) is 18.9. The summed E-state index contributed by atoms with van der Waals surface area (Å²) in [6.07, 6.45) is 0. The molecule has 0 fully saturated rings. The van der Waals surface area contributed by atoms with Gasteiger partial charge in [-0.2, -0.15) is 4.37 Å². The van der Waals surface area contributed by atoms with Gasteiger partial charge in [0.15, 0.2) is 5.69 Å². The van der Waals surface area contributed by atoms with E-state index in [9.17, 15) is 18.8 Å². The molecule has 0 aliphatic rings. The number of nitrogens with zero attached hydrogens (tertiary/aromatic N) is 2. The van der Waals surface area contributed by atoms with Crippen molar-refractivity contribution >= 4 is 52.2 Å². The highest BCUT2D eigenvalue weighted by molar-refractivity contribution is 7.09. The number of aromatic nitrogens is 1. The second-order valence-electron chi connectivity index (χ2n) is 7.48. The largest absolute Gasteiger partial charge is 0.395 e. The third-order valence-corrected chi connectivity index (χ3v) is 6.36. The number of hydrogen-bond donors (Lipinski definition) is 3. The lowest BCUT2D eigenvalue weighted by molar-refractivity contribution is -0.122. The molecule has 0 saturated carbocycles. The van der Waals surface area contributed by atoms with Gasteiger partial charge in [-0.05, 0) is 53.8 Å². The Morgan fingerprint density at radius 3 is 2.49 bits per heavy atom. The highest BCUT2D eigenvalue weighted by Gasteiger charge is 2.36.